The highest BCUT2D eigenvalue weighted by molar-refractivity contribution is 6.35. The van der Waals surface area contributed by atoms with Crippen LogP contribution in [0.3, 0.4) is 0 Å². The van der Waals surface area contributed by atoms with Gasteiger partial charge in [-0.25, -0.2) is 4.79 Å². The molecule has 1 amide bonds. The normalized spacial score (nSPS) is 19.9. The van der Waals surface area contributed by atoms with Gasteiger partial charge in [-0.05, 0) is 24.1 Å². The summed E-state index contributed by atoms with van der Waals surface area (Å²) in [4.78, 5) is 12.3. The van der Waals surface area contributed by atoms with Gasteiger partial charge in [0.1, 0.15) is 0 Å². The number of piperazine rings is 1. The molecular formula is C12H14Cl2N2O2. The van der Waals surface area contributed by atoms with Gasteiger partial charge >= 0.3 is 6.09 Å². The van der Waals surface area contributed by atoms with E-state index in [2.05, 4.69) is 5.32 Å². The Morgan fingerprint density at radius 1 is 1.50 bits per heavy atom. The molecule has 2 rings (SSSR count). The summed E-state index contributed by atoms with van der Waals surface area (Å²) in [5, 5.41) is 13.5. The highest BCUT2D eigenvalue weighted by Crippen LogP contribution is 2.22. The molecule has 98 valence electrons. The summed E-state index contributed by atoms with van der Waals surface area (Å²) in [6.07, 6.45) is -0.177. The van der Waals surface area contributed by atoms with Crippen molar-refractivity contribution in [2.24, 2.45) is 0 Å². The van der Waals surface area contributed by atoms with Crippen LogP contribution in [0.4, 0.5) is 4.79 Å². The zero-order valence-corrected chi connectivity index (χ0v) is 11.2. The molecule has 0 radical (unpaired) electrons. The van der Waals surface area contributed by atoms with E-state index in [0.717, 1.165) is 5.56 Å². The largest absolute Gasteiger partial charge is 0.465 e. The molecule has 1 aromatic rings. The summed E-state index contributed by atoms with van der Waals surface area (Å²) in [6.45, 7) is 1.68. The quantitative estimate of drug-likeness (QED) is 0.879. The maximum Gasteiger partial charge on any atom is 0.407 e. The van der Waals surface area contributed by atoms with Crippen LogP contribution in [0.5, 0.6) is 0 Å². The highest BCUT2D eigenvalue weighted by atomic mass is 35.5. The van der Waals surface area contributed by atoms with Crippen LogP contribution in [0, 0.1) is 0 Å². The summed E-state index contributed by atoms with van der Waals surface area (Å²) < 4.78 is 0. The Morgan fingerprint density at radius 3 is 2.94 bits per heavy atom. The topological polar surface area (TPSA) is 52.6 Å². The van der Waals surface area contributed by atoms with Gasteiger partial charge in [0.05, 0.1) is 0 Å². The Morgan fingerprint density at radius 2 is 2.28 bits per heavy atom. The fraction of sp³-hybridized carbons (Fsp3) is 0.417. The first-order valence-corrected chi connectivity index (χ1v) is 6.47. The van der Waals surface area contributed by atoms with Crippen LogP contribution in [0.15, 0.2) is 18.2 Å². The number of nitrogens with zero attached hydrogens (tertiary/aromatic N) is 1. The molecule has 4 nitrogen and oxygen atoms in total. The van der Waals surface area contributed by atoms with E-state index in [4.69, 9.17) is 28.3 Å². The number of carboxylic acid groups (broad SMARTS) is 1. The van der Waals surface area contributed by atoms with E-state index >= 15 is 0 Å². The van der Waals surface area contributed by atoms with Gasteiger partial charge in [0.15, 0.2) is 0 Å². The summed E-state index contributed by atoms with van der Waals surface area (Å²) in [5.74, 6) is 0. The van der Waals surface area contributed by atoms with Crippen LogP contribution in [-0.2, 0) is 6.42 Å². The number of rotatable bonds is 2. The fourth-order valence-electron chi connectivity index (χ4n) is 2.09. The first-order valence-electron chi connectivity index (χ1n) is 5.71. The molecule has 1 saturated heterocycles. The van der Waals surface area contributed by atoms with Crippen molar-refractivity contribution in [1.29, 1.82) is 0 Å². The molecule has 1 aromatic carbocycles. The molecule has 1 aliphatic rings. The second-order valence-electron chi connectivity index (χ2n) is 4.32. The maximum atomic E-state index is 10.9. The van der Waals surface area contributed by atoms with Crippen LogP contribution in [0.1, 0.15) is 5.56 Å². The molecule has 1 heterocycles. The third-order valence-electron chi connectivity index (χ3n) is 3.01. The van der Waals surface area contributed by atoms with E-state index in [1.807, 2.05) is 6.07 Å². The molecule has 0 aromatic heterocycles. The third kappa shape index (κ3) is 3.28. The lowest BCUT2D eigenvalue weighted by molar-refractivity contribution is 0.128. The van der Waals surface area contributed by atoms with E-state index in [1.165, 1.54) is 4.90 Å². The summed E-state index contributed by atoms with van der Waals surface area (Å²) >= 11 is 11.9. The zero-order valence-electron chi connectivity index (χ0n) is 9.70. The van der Waals surface area contributed by atoms with Crippen molar-refractivity contribution in [3.05, 3.63) is 33.8 Å². The average molecular weight is 289 g/mol. The van der Waals surface area contributed by atoms with E-state index < -0.39 is 6.09 Å². The number of hydrogen-bond donors (Lipinski definition) is 2. The molecule has 0 bridgehead atoms. The molecular weight excluding hydrogens is 275 g/mol. The minimum Gasteiger partial charge on any atom is -0.465 e. The van der Waals surface area contributed by atoms with Crippen molar-refractivity contribution in [2.45, 2.75) is 12.5 Å². The van der Waals surface area contributed by atoms with Gasteiger partial charge in [-0.15, -0.1) is 0 Å². The monoisotopic (exact) mass is 288 g/mol. The number of benzene rings is 1. The number of hydrogen-bond acceptors (Lipinski definition) is 2. The predicted molar refractivity (Wildman–Crippen MR) is 71.6 cm³/mol. The lowest BCUT2D eigenvalue weighted by atomic mass is 10.0. The van der Waals surface area contributed by atoms with Gasteiger partial charge < -0.3 is 15.3 Å². The Balaban J connectivity index is 2.02. The van der Waals surface area contributed by atoms with Crippen molar-refractivity contribution >= 4 is 29.3 Å². The Hall–Kier alpha value is -0.970. The molecule has 1 atom stereocenters. The second kappa shape index (κ2) is 5.78. The molecule has 1 aliphatic heterocycles. The molecule has 0 spiro atoms. The lowest BCUT2D eigenvalue weighted by Crippen LogP contribution is -2.53. The minimum atomic E-state index is -0.872. The van der Waals surface area contributed by atoms with Gasteiger partial charge in [-0.2, -0.15) is 0 Å². The number of halogens is 2. The van der Waals surface area contributed by atoms with E-state index in [-0.39, 0.29) is 6.04 Å². The molecule has 6 heteroatoms. The first-order chi connectivity index (χ1) is 8.56. The Labute approximate surface area is 115 Å². The van der Waals surface area contributed by atoms with Crippen LogP contribution in [0.25, 0.3) is 0 Å². The van der Waals surface area contributed by atoms with Gasteiger partial charge in [-0.3, -0.25) is 0 Å². The van der Waals surface area contributed by atoms with Gasteiger partial charge in [0, 0.05) is 35.7 Å². The summed E-state index contributed by atoms with van der Waals surface area (Å²) in [7, 11) is 0. The van der Waals surface area contributed by atoms with Crippen molar-refractivity contribution in [1.82, 2.24) is 10.2 Å². The zero-order chi connectivity index (χ0) is 13.1. The lowest BCUT2D eigenvalue weighted by Gasteiger charge is -2.32. The maximum absolute atomic E-state index is 10.9. The Bertz CT molecular complexity index is 454. The standard InChI is InChI=1S/C12H14Cl2N2O2/c13-9-2-1-8(11(14)6-9)5-10-7-16(12(17)18)4-3-15-10/h1-2,6,10,15H,3-5,7H2,(H,17,18)/t10-/m1/s1. The van der Waals surface area contributed by atoms with Crippen LogP contribution in [-0.4, -0.2) is 41.8 Å². The third-order valence-corrected chi connectivity index (χ3v) is 3.59. The summed E-state index contributed by atoms with van der Waals surface area (Å²) in [6, 6.07) is 5.47. The molecule has 0 unspecified atom stereocenters. The van der Waals surface area contributed by atoms with Crippen molar-refractivity contribution < 1.29 is 9.90 Å². The van der Waals surface area contributed by atoms with Crippen molar-refractivity contribution in [2.75, 3.05) is 19.6 Å². The molecule has 0 saturated carbocycles. The fourth-order valence-corrected chi connectivity index (χ4v) is 2.57. The van der Waals surface area contributed by atoms with E-state index in [1.54, 1.807) is 12.1 Å². The number of amides is 1. The van der Waals surface area contributed by atoms with E-state index in [0.29, 0.717) is 36.1 Å². The number of nitrogens with one attached hydrogen (secondary N) is 1. The van der Waals surface area contributed by atoms with Crippen molar-refractivity contribution in [3.8, 4) is 0 Å². The SMILES string of the molecule is O=C(O)N1CCN[C@H](Cc2ccc(Cl)cc2Cl)C1. The average Bonchev–Trinajstić information content (AvgIpc) is 2.33. The second-order valence-corrected chi connectivity index (χ2v) is 5.16. The molecule has 18 heavy (non-hydrogen) atoms. The van der Waals surface area contributed by atoms with Gasteiger partial charge in [0.2, 0.25) is 0 Å². The van der Waals surface area contributed by atoms with Crippen LogP contribution >= 0.6 is 23.2 Å². The highest BCUT2D eigenvalue weighted by Gasteiger charge is 2.23. The van der Waals surface area contributed by atoms with E-state index in [9.17, 15) is 4.79 Å². The number of carbonyl (C=O) groups is 1. The molecule has 0 aliphatic carbocycles. The smallest absolute Gasteiger partial charge is 0.407 e. The van der Waals surface area contributed by atoms with Gasteiger partial charge in [-0.1, -0.05) is 29.3 Å². The first kappa shape index (κ1) is 13.5. The Kier molecular flexibility index (Phi) is 4.32. The molecule has 1 fully saturated rings. The van der Waals surface area contributed by atoms with Crippen LogP contribution < -0.4 is 5.32 Å². The van der Waals surface area contributed by atoms with Crippen molar-refractivity contribution in [3.63, 3.8) is 0 Å². The summed E-state index contributed by atoms with van der Waals surface area (Å²) in [5.41, 5.74) is 0.978. The molecule has 2 N–H and O–H groups in total. The minimum absolute atomic E-state index is 0.0912. The van der Waals surface area contributed by atoms with Gasteiger partial charge in [0.25, 0.3) is 0 Å². The van der Waals surface area contributed by atoms with Crippen LogP contribution in [0.2, 0.25) is 10.0 Å². The predicted octanol–water partition coefficient (Wildman–Crippen LogP) is 2.49.